The lowest BCUT2D eigenvalue weighted by Gasteiger charge is -2.29. The summed E-state index contributed by atoms with van der Waals surface area (Å²) in [6.45, 7) is 3.22. The summed E-state index contributed by atoms with van der Waals surface area (Å²) in [5.74, 6) is 2.19. The van der Waals surface area contributed by atoms with E-state index in [1.807, 2.05) is 42.6 Å². The maximum absolute atomic E-state index is 6.06. The number of hydrogen-bond donors (Lipinski definition) is 1. The molecule has 1 aliphatic heterocycles. The van der Waals surface area contributed by atoms with E-state index in [4.69, 9.17) is 16.6 Å². The van der Waals surface area contributed by atoms with Crippen LogP contribution in [0.2, 0.25) is 5.02 Å². The second kappa shape index (κ2) is 8.67. The molecule has 1 N–H and O–H groups in total. The topological polar surface area (TPSA) is 53.9 Å². The van der Waals surface area contributed by atoms with Crippen molar-refractivity contribution in [2.24, 2.45) is 5.92 Å². The zero-order chi connectivity index (χ0) is 19.3. The lowest BCUT2D eigenvalue weighted by molar-refractivity contribution is 0.226. The summed E-state index contributed by atoms with van der Waals surface area (Å²) in [6, 6.07) is 11.7. The van der Waals surface area contributed by atoms with Crippen LogP contribution in [0.4, 0.5) is 5.82 Å². The lowest BCUT2D eigenvalue weighted by Crippen LogP contribution is -2.33. The number of nitrogens with one attached hydrogen (secondary N) is 1. The maximum Gasteiger partial charge on any atom is 0.163 e. The third kappa shape index (κ3) is 4.49. The van der Waals surface area contributed by atoms with Crippen molar-refractivity contribution in [3.8, 4) is 22.5 Å². The quantitative estimate of drug-likeness (QED) is 0.685. The highest BCUT2D eigenvalue weighted by atomic mass is 35.5. The van der Waals surface area contributed by atoms with E-state index in [9.17, 15) is 0 Å². The summed E-state index contributed by atoms with van der Waals surface area (Å²) in [5.41, 5.74) is 2.94. The van der Waals surface area contributed by atoms with Gasteiger partial charge in [0.1, 0.15) is 5.82 Å². The minimum absolute atomic E-state index is 0.658. The molecule has 144 valence electrons. The van der Waals surface area contributed by atoms with Crippen LogP contribution < -0.4 is 5.32 Å². The van der Waals surface area contributed by atoms with Crippen LogP contribution in [0.25, 0.3) is 22.5 Å². The van der Waals surface area contributed by atoms with Gasteiger partial charge in [-0.05, 0) is 68.7 Å². The Labute approximate surface area is 170 Å². The summed E-state index contributed by atoms with van der Waals surface area (Å²) in [4.78, 5) is 16.0. The fourth-order valence-corrected chi connectivity index (χ4v) is 3.62. The molecule has 1 aromatic carbocycles. The van der Waals surface area contributed by atoms with E-state index >= 15 is 0 Å². The van der Waals surface area contributed by atoms with Crippen molar-refractivity contribution in [1.29, 1.82) is 0 Å². The van der Waals surface area contributed by atoms with E-state index in [2.05, 4.69) is 27.2 Å². The highest BCUT2D eigenvalue weighted by Crippen LogP contribution is 2.29. The van der Waals surface area contributed by atoms with E-state index in [0.717, 1.165) is 47.2 Å². The van der Waals surface area contributed by atoms with Gasteiger partial charge < -0.3 is 10.2 Å². The average molecular weight is 394 g/mol. The van der Waals surface area contributed by atoms with Gasteiger partial charge >= 0.3 is 0 Å². The SMILES string of the molecule is CN1CCC(CNc2nc(-c3cccnc3)ncc2-c2ccc(Cl)cc2)CC1. The Kier molecular flexibility index (Phi) is 5.84. The van der Waals surface area contributed by atoms with Crippen LogP contribution in [0, 0.1) is 5.92 Å². The van der Waals surface area contributed by atoms with Crippen molar-refractivity contribution < 1.29 is 0 Å². The number of hydrogen-bond acceptors (Lipinski definition) is 5. The summed E-state index contributed by atoms with van der Waals surface area (Å²) >= 11 is 6.06. The standard InChI is InChI=1S/C22H24ClN5/c1-28-11-8-16(9-12-28)13-25-22-20(17-4-6-19(23)7-5-17)15-26-21(27-22)18-3-2-10-24-14-18/h2-7,10,14-16H,8-9,11-13H2,1H3,(H,25,26,27). The van der Waals surface area contributed by atoms with Gasteiger partial charge in [0.25, 0.3) is 0 Å². The molecule has 4 rings (SSSR count). The monoisotopic (exact) mass is 393 g/mol. The van der Waals surface area contributed by atoms with Crippen LogP contribution in [0.5, 0.6) is 0 Å². The first-order chi connectivity index (χ1) is 13.7. The molecule has 28 heavy (non-hydrogen) atoms. The predicted molar refractivity (Wildman–Crippen MR) is 114 cm³/mol. The molecule has 0 saturated carbocycles. The first kappa shape index (κ1) is 18.8. The van der Waals surface area contributed by atoms with E-state index in [1.165, 1.54) is 12.8 Å². The van der Waals surface area contributed by atoms with Crippen molar-refractivity contribution in [2.75, 3.05) is 32.0 Å². The van der Waals surface area contributed by atoms with Crippen LogP contribution in [0.3, 0.4) is 0 Å². The average Bonchev–Trinajstić information content (AvgIpc) is 2.74. The van der Waals surface area contributed by atoms with Gasteiger partial charge in [0, 0.05) is 41.3 Å². The van der Waals surface area contributed by atoms with Gasteiger partial charge in [-0.25, -0.2) is 9.97 Å². The van der Waals surface area contributed by atoms with Crippen LogP contribution >= 0.6 is 11.6 Å². The van der Waals surface area contributed by atoms with E-state index in [0.29, 0.717) is 11.7 Å². The highest BCUT2D eigenvalue weighted by molar-refractivity contribution is 6.30. The van der Waals surface area contributed by atoms with Gasteiger partial charge in [-0.1, -0.05) is 23.7 Å². The Morgan fingerprint density at radius 3 is 2.57 bits per heavy atom. The van der Waals surface area contributed by atoms with E-state index in [-0.39, 0.29) is 0 Å². The molecule has 1 fully saturated rings. The molecule has 1 saturated heterocycles. The smallest absolute Gasteiger partial charge is 0.163 e. The highest BCUT2D eigenvalue weighted by Gasteiger charge is 2.18. The molecule has 3 heterocycles. The normalized spacial score (nSPS) is 15.5. The lowest BCUT2D eigenvalue weighted by atomic mass is 9.97. The largest absolute Gasteiger partial charge is 0.369 e. The zero-order valence-electron chi connectivity index (χ0n) is 16.0. The van der Waals surface area contributed by atoms with Crippen molar-refractivity contribution >= 4 is 17.4 Å². The molecule has 0 amide bonds. The number of benzene rings is 1. The Morgan fingerprint density at radius 1 is 1.07 bits per heavy atom. The summed E-state index contributed by atoms with van der Waals surface area (Å²) in [7, 11) is 2.19. The Hall–Kier alpha value is -2.50. The zero-order valence-corrected chi connectivity index (χ0v) is 16.7. The van der Waals surface area contributed by atoms with Crippen LogP contribution in [0.1, 0.15) is 12.8 Å². The van der Waals surface area contributed by atoms with Gasteiger partial charge in [0.15, 0.2) is 5.82 Å². The Balaban J connectivity index is 1.62. The Morgan fingerprint density at radius 2 is 1.86 bits per heavy atom. The van der Waals surface area contributed by atoms with Gasteiger partial charge in [-0.2, -0.15) is 0 Å². The number of halogens is 1. The number of nitrogens with zero attached hydrogens (tertiary/aromatic N) is 4. The third-order valence-electron chi connectivity index (χ3n) is 5.26. The Bertz CT molecular complexity index is 906. The van der Waals surface area contributed by atoms with Crippen molar-refractivity contribution in [3.63, 3.8) is 0 Å². The molecule has 0 spiro atoms. The molecular weight excluding hydrogens is 370 g/mol. The van der Waals surface area contributed by atoms with Crippen molar-refractivity contribution in [2.45, 2.75) is 12.8 Å². The maximum atomic E-state index is 6.06. The van der Waals surface area contributed by atoms with Crippen LogP contribution in [-0.2, 0) is 0 Å². The molecule has 0 unspecified atom stereocenters. The number of rotatable bonds is 5. The summed E-state index contributed by atoms with van der Waals surface area (Å²) in [6.07, 6.45) is 7.85. The molecule has 0 bridgehead atoms. The number of aromatic nitrogens is 3. The first-order valence-electron chi connectivity index (χ1n) is 9.65. The minimum Gasteiger partial charge on any atom is -0.369 e. The number of piperidine rings is 1. The fourth-order valence-electron chi connectivity index (χ4n) is 3.50. The summed E-state index contributed by atoms with van der Waals surface area (Å²) in [5, 5.41) is 4.32. The van der Waals surface area contributed by atoms with Gasteiger partial charge in [-0.3, -0.25) is 4.98 Å². The molecule has 6 heteroatoms. The van der Waals surface area contributed by atoms with Crippen LogP contribution in [-0.4, -0.2) is 46.5 Å². The fraction of sp³-hybridized carbons (Fsp3) is 0.318. The number of likely N-dealkylation sites (tertiary alicyclic amines) is 1. The first-order valence-corrected chi connectivity index (χ1v) is 10.0. The van der Waals surface area contributed by atoms with Gasteiger partial charge in [-0.15, -0.1) is 0 Å². The molecule has 5 nitrogen and oxygen atoms in total. The molecule has 0 aliphatic carbocycles. The van der Waals surface area contributed by atoms with Gasteiger partial charge in [0.05, 0.1) is 0 Å². The third-order valence-corrected chi connectivity index (χ3v) is 5.51. The number of anilines is 1. The second-order valence-electron chi connectivity index (χ2n) is 7.33. The van der Waals surface area contributed by atoms with Crippen molar-refractivity contribution in [3.05, 3.63) is 60.0 Å². The predicted octanol–water partition coefficient (Wildman–Crippen LogP) is 4.61. The van der Waals surface area contributed by atoms with Crippen molar-refractivity contribution in [1.82, 2.24) is 19.9 Å². The minimum atomic E-state index is 0.658. The molecule has 0 radical (unpaired) electrons. The summed E-state index contributed by atoms with van der Waals surface area (Å²) < 4.78 is 0. The molecular formula is C22H24ClN5. The molecule has 0 atom stereocenters. The molecule has 3 aromatic rings. The number of pyridine rings is 1. The van der Waals surface area contributed by atoms with E-state index in [1.54, 1.807) is 12.4 Å². The molecule has 1 aliphatic rings. The second-order valence-corrected chi connectivity index (χ2v) is 7.77. The van der Waals surface area contributed by atoms with E-state index < -0.39 is 0 Å². The molecule has 2 aromatic heterocycles. The van der Waals surface area contributed by atoms with Crippen LogP contribution in [0.15, 0.2) is 55.0 Å². The van der Waals surface area contributed by atoms with Gasteiger partial charge in [0.2, 0.25) is 0 Å².